The molecule has 130 valence electrons. The van der Waals surface area contributed by atoms with Crippen LogP contribution in [0.3, 0.4) is 0 Å². The SMILES string of the molecule is Nc1ccc(F)c([C@]23CCO[C@H](CF)[C@H]2CSC(NC(=O)O)=N3)c1. The van der Waals surface area contributed by atoms with Crippen LogP contribution in [0.25, 0.3) is 0 Å². The van der Waals surface area contributed by atoms with Gasteiger partial charge >= 0.3 is 6.09 Å². The molecule has 0 unspecified atom stereocenters. The normalized spacial score (nSPS) is 29.5. The zero-order valence-corrected chi connectivity index (χ0v) is 13.5. The van der Waals surface area contributed by atoms with E-state index in [1.54, 1.807) is 0 Å². The van der Waals surface area contributed by atoms with Crippen molar-refractivity contribution in [2.75, 3.05) is 24.8 Å². The Labute approximate surface area is 141 Å². The Morgan fingerprint density at radius 2 is 2.38 bits per heavy atom. The number of amidine groups is 1. The molecular weight excluding hydrogens is 340 g/mol. The number of hydrogen-bond donors (Lipinski definition) is 3. The van der Waals surface area contributed by atoms with E-state index in [0.717, 1.165) is 11.8 Å². The first-order valence-electron chi connectivity index (χ1n) is 7.42. The quantitative estimate of drug-likeness (QED) is 0.706. The van der Waals surface area contributed by atoms with Crippen LogP contribution >= 0.6 is 11.8 Å². The van der Waals surface area contributed by atoms with Gasteiger partial charge in [-0.2, -0.15) is 0 Å². The molecule has 1 amide bonds. The number of ether oxygens (including phenoxy) is 1. The molecule has 0 saturated carbocycles. The Bertz CT molecular complexity index is 688. The van der Waals surface area contributed by atoms with Gasteiger partial charge in [0.1, 0.15) is 12.5 Å². The standard InChI is InChI=1S/C15H17F2N3O3S/c16-6-12-10-7-24-13(19-14(21)22)20-15(10,3-4-23-12)9-5-8(18)1-2-11(9)17/h1-2,5,10,12H,3-4,6-7,18H2,(H,19,20)(H,21,22)/t10-,12-,15-/m1/s1. The number of nitrogens with two attached hydrogens (primary N) is 1. The van der Waals surface area contributed by atoms with Gasteiger partial charge in [0.25, 0.3) is 0 Å². The maximum Gasteiger partial charge on any atom is 0.410 e. The van der Waals surface area contributed by atoms with E-state index in [1.807, 2.05) is 0 Å². The number of anilines is 1. The second-order valence-corrected chi connectivity index (χ2v) is 6.75. The molecule has 0 radical (unpaired) electrons. The molecule has 0 bridgehead atoms. The molecule has 0 spiro atoms. The third kappa shape index (κ3) is 2.93. The van der Waals surface area contributed by atoms with Crippen molar-refractivity contribution in [2.45, 2.75) is 18.1 Å². The van der Waals surface area contributed by atoms with E-state index in [1.165, 1.54) is 18.2 Å². The molecule has 1 fully saturated rings. The summed E-state index contributed by atoms with van der Waals surface area (Å²) in [6.45, 7) is -0.512. The summed E-state index contributed by atoms with van der Waals surface area (Å²) >= 11 is 1.16. The number of amides is 1. The smallest absolute Gasteiger partial charge is 0.410 e. The highest BCUT2D eigenvalue weighted by Gasteiger charge is 2.51. The first-order valence-corrected chi connectivity index (χ1v) is 8.40. The van der Waals surface area contributed by atoms with Crippen LogP contribution in [-0.4, -0.2) is 41.5 Å². The molecule has 3 atom stereocenters. The molecule has 4 N–H and O–H groups in total. The summed E-state index contributed by atoms with van der Waals surface area (Å²) < 4.78 is 33.4. The average molecular weight is 357 g/mol. The monoisotopic (exact) mass is 357 g/mol. The number of nitrogens with one attached hydrogen (secondary N) is 1. The summed E-state index contributed by atoms with van der Waals surface area (Å²) in [5.74, 6) is -0.557. The highest BCUT2D eigenvalue weighted by atomic mass is 32.2. The molecule has 0 aromatic heterocycles. The second-order valence-electron chi connectivity index (χ2n) is 5.74. The largest absolute Gasteiger partial charge is 0.465 e. The fourth-order valence-corrected chi connectivity index (χ4v) is 4.53. The number of thioether (sulfide) groups is 1. The van der Waals surface area contributed by atoms with Crippen molar-refractivity contribution in [2.24, 2.45) is 10.9 Å². The first-order chi connectivity index (χ1) is 11.5. The number of alkyl halides is 1. The highest BCUT2D eigenvalue weighted by Crippen LogP contribution is 2.48. The lowest BCUT2D eigenvalue weighted by molar-refractivity contribution is -0.0715. The van der Waals surface area contributed by atoms with Crippen molar-refractivity contribution in [1.29, 1.82) is 0 Å². The van der Waals surface area contributed by atoms with Gasteiger partial charge in [0.2, 0.25) is 0 Å². The van der Waals surface area contributed by atoms with Gasteiger partial charge in [-0.15, -0.1) is 0 Å². The average Bonchev–Trinajstić information content (AvgIpc) is 2.55. The Morgan fingerprint density at radius 3 is 3.08 bits per heavy atom. The molecular formula is C15H17F2N3O3S. The number of carbonyl (C=O) groups is 1. The van der Waals surface area contributed by atoms with Gasteiger partial charge in [-0.3, -0.25) is 10.3 Å². The minimum Gasteiger partial charge on any atom is -0.465 e. The van der Waals surface area contributed by atoms with Crippen LogP contribution in [0.1, 0.15) is 12.0 Å². The van der Waals surface area contributed by atoms with E-state index in [9.17, 15) is 13.6 Å². The van der Waals surface area contributed by atoms with Gasteiger partial charge < -0.3 is 15.6 Å². The summed E-state index contributed by atoms with van der Waals surface area (Å²) in [6, 6.07) is 4.17. The highest BCUT2D eigenvalue weighted by molar-refractivity contribution is 8.13. The number of fused-ring (bicyclic) bond motifs is 1. The van der Waals surface area contributed by atoms with Crippen molar-refractivity contribution in [3.8, 4) is 0 Å². The Hall–Kier alpha value is -1.87. The van der Waals surface area contributed by atoms with Gasteiger partial charge in [-0.1, -0.05) is 11.8 Å². The number of hydrogen-bond acceptors (Lipinski definition) is 5. The Kier molecular flexibility index (Phi) is 4.64. The van der Waals surface area contributed by atoms with Gasteiger partial charge in [-0.25, -0.2) is 13.6 Å². The van der Waals surface area contributed by atoms with E-state index >= 15 is 0 Å². The molecule has 6 nitrogen and oxygen atoms in total. The van der Waals surface area contributed by atoms with E-state index in [2.05, 4.69) is 10.3 Å². The van der Waals surface area contributed by atoms with Gasteiger partial charge in [0.15, 0.2) is 5.17 Å². The molecule has 2 heterocycles. The molecule has 2 aliphatic rings. The van der Waals surface area contributed by atoms with Crippen molar-refractivity contribution in [3.63, 3.8) is 0 Å². The number of nitrogen functional groups attached to an aromatic ring is 1. The van der Waals surface area contributed by atoms with Crippen LogP contribution in [0.2, 0.25) is 0 Å². The maximum atomic E-state index is 14.5. The number of rotatable bonds is 2. The molecule has 0 aliphatic carbocycles. The number of aliphatic imine (C=N–C) groups is 1. The second kappa shape index (κ2) is 6.56. The van der Waals surface area contributed by atoms with Gasteiger partial charge in [0.05, 0.1) is 11.6 Å². The van der Waals surface area contributed by atoms with Crippen LogP contribution in [0.5, 0.6) is 0 Å². The third-order valence-electron chi connectivity index (χ3n) is 4.40. The number of benzene rings is 1. The summed E-state index contributed by atoms with van der Waals surface area (Å²) in [7, 11) is 0. The van der Waals surface area contributed by atoms with Crippen LogP contribution < -0.4 is 11.1 Å². The minimum absolute atomic E-state index is 0.167. The lowest BCUT2D eigenvalue weighted by Crippen LogP contribution is -2.53. The van der Waals surface area contributed by atoms with Crippen LogP contribution in [0, 0.1) is 11.7 Å². The predicted molar refractivity (Wildman–Crippen MR) is 87.4 cm³/mol. The molecule has 1 aromatic rings. The summed E-state index contributed by atoms with van der Waals surface area (Å²) in [4.78, 5) is 15.4. The zero-order valence-electron chi connectivity index (χ0n) is 12.7. The lowest BCUT2D eigenvalue weighted by atomic mass is 9.72. The number of nitrogens with zero attached hydrogens (tertiary/aromatic N) is 1. The van der Waals surface area contributed by atoms with E-state index in [4.69, 9.17) is 15.6 Å². The molecule has 3 rings (SSSR count). The topological polar surface area (TPSA) is 96.9 Å². The Morgan fingerprint density at radius 1 is 1.58 bits per heavy atom. The van der Waals surface area contributed by atoms with Crippen molar-refractivity contribution in [3.05, 3.63) is 29.6 Å². The molecule has 2 aliphatic heterocycles. The molecule has 1 saturated heterocycles. The first kappa shape index (κ1) is 17.0. The molecule has 24 heavy (non-hydrogen) atoms. The lowest BCUT2D eigenvalue weighted by Gasteiger charge is -2.47. The van der Waals surface area contributed by atoms with Crippen LogP contribution in [-0.2, 0) is 10.3 Å². The predicted octanol–water partition coefficient (Wildman–Crippen LogP) is 2.35. The van der Waals surface area contributed by atoms with E-state index in [0.29, 0.717) is 17.9 Å². The third-order valence-corrected chi connectivity index (χ3v) is 5.39. The number of halogens is 2. The zero-order chi connectivity index (χ0) is 17.3. The van der Waals surface area contributed by atoms with Crippen LogP contribution in [0.15, 0.2) is 23.2 Å². The van der Waals surface area contributed by atoms with Gasteiger partial charge in [0, 0.05) is 35.9 Å². The van der Waals surface area contributed by atoms with Crippen LogP contribution in [0.4, 0.5) is 19.3 Å². The van der Waals surface area contributed by atoms with Crippen molar-refractivity contribution >= 4 is 28.7 Å². The Balaban J connectivity index is 2.14. The van der Waals surface area contributed by atoms with E-state index in [-0.39, 0.29) is 17.3 Å². The summed E-state index contributed by atoms with van der Waals surface area (Å²) in [5, 5.41) is 11.3. The van der Waals surface area contributed by atoms with Crippen molar-refractivity contribution in [1.82, 2.24) is 5.32 Å². The summed E-state index contributed by atoms with van der Waals surface area (Å²) in [5.41, 5.74) is 5.31. The fourth-order valence-electron chi connectivity index (χ4n) is 3.32. The summed E-state index contributed by atoms with van der Waals surface area (Å²) in [6.07, 6.45) is -1.65. The molecule has 1 aromatic carbocycles. The van der Waals surface area contributed by atoms with E-state index < -0.39 is 36.1 Å². The number of carboxylic acid groups (broad SMARTS) is 1. The maximum absolute atomic E-state index is 14.5. The van der Waals surface area contributed by atoms with Crippen molar-refractivity contribution < 1.29 is 23.4 Å². The van der Waals surface area contributed by atoms with Gasteiger partial charge in [-0.05, 0) is 18.2 Å². The minimum atomic E-state index is -1.25. The fraction of sp³-hybridized carbons (Fsp3) is 0.467. The molecule has 9 heteroatoms.